The molecule has 0 bridgehead atoms. The number of rotatable bonds is 8. The van der Waals surface area contributed by atoms with Crippen molar-refractivity contribution in [1.82, 2.24) is 15.3 Å². The van der Waals surface area contributed by atoms with Crippen LogP contribution in [0.5, 0.6) is 0 Å². The van der Waals surface area contributed by atoms with E-state index >= 15 is 0 Å². The number of H-pyrrole nitrogens is 1. The summed E-state index contributed by atoms with van der Waals surface area (Å²) < 4.78 is 0. The highest BCUT2D eigenvalue weighted by molar-refractivity contribution is 6.14. The van der Waals surface area contributed by atoms with Crippen LogP contribution in [0.2, 0.25) is 0 Å². The summed E-state index contributed by atoms with van der Waals surface area (Å²) in [6, 6.07) is 28.1. The standard InChI is InChI=1S/C29H30N4O2/c1-2-26(34)29(18-11-19-33(29)28-31-24-16-9-10-17-25(24)32-28)27(35)30-20-23(21-12-5-3-6-13-21)22-14-7-4-8-15-22/h3-10,12-17,23H,2,11,18-20H2,1H3,(H,30,35)(H,31,32)/t29-/m1/s1. The number of hydrogen-bond donors (Lipinski definition) is 2. The van der Waals surface area contributed by atoms with Crippen LogP contribution in [0.1, 0.15) is 43.2 Å². The van der Waals surface area contributed by atoms with Gasteiger partial charge in [-0.15, -0.1) is 0 Å². The summed E-state index contributed by atoms with van der Waals surface area (Å²) in [4.78, 5) is 37.3. The fourth-order valence-electron chi connectivity index (χ4n) is 5.26. The van der Waals surface area contributed by atoms with Crippen molar-refractivity contribution in [3.8, 4) is 0 Å². The summed E-state index contributed by atoms with van der Waals surface area (Å²) in [5, 5.41) is 3.17. The van der Waals surface area contributed by atoms with Crippen LogP contribution in [0.4, 0.5) is 5.95 Å². The molecule has 0 unspecified atom stereocenters. The van der Waals surface area contributed by atoms with Crippen LogP contribution in [0.3, 0.4) is 0 Å². The lowest BCUT2D eigenvalue weighted by atomic mass is 9.87. The van der Waals surface area contributed by atoms with Crippen molar-refractivity contribution in [1.29, 1.82) is 0 Å². The first-order chi connectivity index (χ1) is 17.1. The van der Waals surface area contributed by atoms with Crippen LogP contribution in [0.25, 0.3) is 11.0 Å². The van der Waals surface area contributed by atoms with Crippen molar-refractivity contribution in [3.05, 3.63) is 96.1 Å². The first-order valence-corrected chi connectivity index (χ1v) is 12.3. The number of hydrogen-bond acceptors (Lipinski definition) is 4. The van der Waals surface area contributed by atoms with Gasteiger partial charge in [-0.25, -0.2) is 4.98 Å². The molecular formula is C29H30N4O2. The van der Waals surface area contributed by atoms with Crippen LogP contribution in [0, 0.1) is 0 Å². The minimum atomic E-state index is -1.26. The van der Waals surface area contributed by atoms with E-state index in [1.54, 1.807) is 0 Å². The number of carbonyl (C=O) groups excluding carboxylic acids is 2. The number of fused-ring (bicyclic) bond motifs is 1. The second-order valence-corrected chi connectivity index (χ2v) is 9.05. The molecule has 1 aromatic heterocycles. The number of Topliss-reactive ketones (excluding diaryl/α,β-unsaturated/α-hetero) is 1. The number of anilines is 1. The average molecular weight is 467 g/mol. The molecule has 178 valence electrons. The lowest BCUT2D eigenvalue weighted by Crippen LogP contribution is -2.61. The molecule has 1 aliphatic rings. The summed E-state index contributed by atoms with van der Waals surface area (Å²) in [5.74, 6) is 0.225. The Balaban J connectivity index is 1.46. The number of aromatic amines is 1. The number of carbonyl (C=O) groups is 2. The van der Waals surface area contributed by atoms with Gasteiger partial charge in [-0.05, 0) is 36.1 Å². The second-order valence-electron chi connectivity index (χ2n) is 9.05. The molecule has 2 N–H and O–H groups in total. The molecule has 5 rings (SSSR count). The van der Waals surface area contributed by atoms with Gasteiger partial charge >= 0.3 is 0 Å². The average Bonchev–Trinajstić information content (AvgIpc) is 3.54. The van der Waals surface area contributed by atoms with Crippen LogP contribution < -0.4 is 10.2 Å². The maximum Gasteiger partial charge on any atom is 0.253 e. The molecule has 0 saturated carbocycles. The van der Waals surface area contributed by atoms with E-state index in [2.05, 4.69) is 34.6 Å². The van der Waals surface area contributed by atoms with E-state index in [1.165, 1.54) is 0 Å². The fraction of sp³-hybridized carbons (Fsp3) is 0.276. The molecule has 0 spiro atoms. The maximum atomic E-state index is 13.9. The molecule has 2 heterocycles. The van der Waals surface area contributed by atoms with Gasteiger partial charge < -0.3 is 15.2 Å². The largest absolute Gasteiger partial charge is 0.353 e. The minimum absolute atomic E-state index is 0.0174. The van der Waals surface area contributed by atoms with Crippen LogP contribution in [-0.4, -0.2) is 40.3 Å². The normalized spacial score (nSPS) is 17.7. The highest BCUT2D eigenvalue weighted by Crippen LogP contribution is 2.36. The Morgan fingerprint density at radius 3 is 2.23 bits per heavy atom. The summed E-state index contributed by atoms with van der Waals surface area (Å²) in [6.45, 7) is 2.82. The highest BCUT2D eigenvalue weighted by atomic mass is 16.2. The quantitative estimate of drug-likeness (QED) is 0.365. The molecule has 6 heteroatoms. The monoisotopic (exact) mass is 466 g/mol. The van der Waals surface area contributed by atoms with Crippen molar-refractivity contribution < 1.29 is 9.59 Å². The van der Waals surface area contributed by atoms with Crippen LogP contribution in [0.15, 0.2) is 84.9 Å². The SMILES string of the molecule is CCC(=O)[C@@]1(C(=O)NCC(c2ccccc2)c2ccccc2)CCCN1c1nc2ccccc2[nH]1. The summed E-state index contributed by atoms with van der Waals surface area (Å²) in [5.41, 5.74) is 2.69. The van der Waals surface area contributed by atoms with Crippen molar-refractivity contribution in [3.63, 3.8) is 0 Å². The molecule has 1 saturated heterocycles. The third kappa shape index (κ3) is 4.20. The van der Waals surface area contributed by atoms with E-state index in [0.29, 0.717) is 25.5 Å². The third-order valence-corrected chi connectivity index (χ3v) is 7.04. The number of nitrogens with zero attached hydrogens (tertiary/aromatic N) is 2. The molecule has 35 heavy (non-hydrogen) atoms. The zero-order valence-electron chi connectivity index (χ0n) is 19.9. The van der Waals surface area contributed by atoms with Gasteiger partial charge in [0.2, 0.25) is 5.95 Å². The predicted molar refractivity (Wildman–Crippen MR) is 138 cm³/mol. The second kappa shape index (κ2) is 9.74. The Morgan fingerprint density at radius 2 is 1.60 bits per heavy atom. The molecule has 3 aromatic carbocycles. The van der Waals surface area contributed by atoms with E-state index in [-0.39, 0.29) is 24.0 Å². The molecule has 0 radical (unpaired) electrons. The number of aromatic nitrogens is 2. The van der Waals surface area contributed by atoms with Gasteiger partial charge in [0.25, 0.3) is 5.91 Å². The van der Waals surface area contributed by atoms with Crippen molar-refractivity contribution in [2.24, 2.45) is 0 Å². The van der Waals surface area contributed by atoms with Gasteiger partial charge in [0, 0.05) is 25.4 Å². The Kier molecular flexibility index (Phi) is 6.36. The molecular weight excluding hydrogens is 436 g/mol. The number of benzene rings is 3. The molecule has 1 aliphatic heterocycles. The van der Waals surface area contributed by atoms with E-state index in [0.717, 1.165) is 28.6 Å². The van der Waals surface area contributed by atoms with Crippen molar-refractivity contribution in [2.45, 2.75) is 37.6 Å². The zero-order chi connectivity index (χ0) is 24.3. The Hall–Kier alpha value is -3.93. The zero-order valence-corrected chi connectivity index (χ0v) is 19.9. The van der Waals surface area contributed by atoms with E-state index in [9.17, 15) is 9.59 Å². The smallest absolute Gasteiger partial charge is 0.253 e. The molecule has 1 fully saturated rings. The summed E-state index contributed by atoms with van der Waals surface area (Å²) in [7, 11) is 0. The van der Waals surface area contributed by atoms with E-state index in [1.807, 2.05) is 72.5 Å². The Labute approximate surface area is 205 Å². The van der Waals surface area contributed by atoms with Gasteiger partial charge in [-0.2, -0.15) is 0 Å². The number of amides is 1. The Bertz CT molecular complexity index is 1250. The van der Waals surface area contributed by atoms with Crippen LogP contribution >= 0.6 is 0 Å². The molecule has 6 nitrogen and oxygen atoms in total. The topological polar surface area (TPSA) is 78.1 Å². The predicted octanol–water partition coefficient (Wildman–Crippen LogP) is 4.83. The number of imidazole rings is 1. The molecule has 1 atom stereocenters. The van der Waals surface area contributed by atoms with Crippen LogP contribution in [-0.2, 0) is 9.59 Å². The maximum absolute atomic E-state index is 13.9. The Morgan fingerprint density at radius 1 is 0.971 bits per heavy atom. The first-order valence-electron chi connectivity index (χ1n) is 12.3. The number of para-hydroxylation sites is 2. The summed E-state index contributed by atoms with van der Waals surface area (Å²) in [6.07, 6.45) is 1.51. The molecule has 4 aromatic rings. The number of nitrogens with one attached hydrogen (secondary N) is 2. The number of ketones is 1. The van der Waals surface area contributed by atoms with Gasteiger partial charge in [0.1, 0.15) is 0 Å². The highest BCUT2D eigenvalue weighted by Gasteiger charge is 2.53. The van der Waals surface area contributed by atoms with Gasteiger partial charge in [-0.3, -0.25) is 9.59 Å². The lowest BCUT2D eigenvalue weighted by Gasteiger charge is -2.36. The van der Waals surface area contributed by atoms with E-state index < -0.39 is 5.54 Å². The minimum Gasteiger partial charge on any atom is -0.353 e. The van der Waals surface area contributed by atoms with Crippen molar-refractivity contribution >= 4 is 28.7 Å². The lowest BCUT2D eigenvalue weighted by molar-refractivity contribution is -0.135. The fourth-order valence-corrected chi connectivity index (χ4v) is 5.26. The van der Waals surface area contributed by atoms with Gasteiger partial charge in [-0.1, -0.05) is 79.7 Å². The van der Waals surface area contributed by atoms with Crippen molar-refractivity contribution in [2.75, 3.05) is 18.0 Å². The van der Waals surface area contributed by atoms with Gasteiger partial charge in [0.15, 0.2) is 11.3 Å². The first kappa shape index (κ1) is 22.8. The van der Waals surface area contributed by atoms with Gasteiger partial charge in [0.05, 0.1) is 11.0 Å². The third-order valence-electron chi connectivity index (χ3n) is 7.04. The molecule has 0 aliphatic carbocycles. The summed E-state index contributed by atoms with van der Waals surface area (Å²) >= 11 is 0. The molecule has 1 amide bonds. The van der Waals surface area contributed by atoms with E-state index in [4.69, 9.17) is 4.98 Å².